The van der Waals surface area contributed by atoms with Gasteiger partial charge in [0, 0.05) is 22.5 Å². The Labute approximate surface area is 202 Å². The molecule has 0 aromatic heterocycles. The Hall–Kier alpha value is -4.18. The summed E-state index contributed by atoms with van der Waals surface area (Å²) >= 11 is 0. The molecule has 0 fully saturated rings. The van der Waals surface area contributed by atoms with Gasteiger partial charge in [0.25, 0.3) is 0 Å². The van der Waals surface area contributed by atoms with Crippen LogP contribution >= 0.6 is 0 Å². The second-order valence-electron chi connectivity index (χ2n) is 8.94. The van der Waals surface area contributed by atoms with E-state index in [1.807, 2.05) is 73.7 Å². The van der Waals surface area contributed by atoms with Crippen LogP contribution in [-0.2, 0) is 0 Å². The summed E-state index contributed by atoms with van der Waals surface area (Å²) in [6.07, 6.45) is 13.3. The number of hydrogen-bond donors (Lipinski definition) is 1. The Balaban J connectivity index is 2.04. The first-order chi connectivity index (χ1) is 16.4. The van der Waals surface area contributed by atoms with Gasteiger partial charge < -0.3 is 5.41 Å². The highest BCUT2D eigenvalue weighted by molar-refractivity contribution is 6.14. The molecule has 0 saturated heterocycles. The van der Waals surface area contributed by atoms with Gasteiger partial charge in [0.05, 0.1) is 11.8 Å². The van der Waals surface area contributed by atoms with Gasteiger partial charge in [-0.3, -0.25) is 0 Å². The Morgan fingerprint density at radius 2 is 1.91 bits per heavy atom. The SMILES string of the molecule is C=CC1(C)C(=N)c2ccc(C)cc2C(c2ccccc2)=C1[C@H](C)/C(C#N)=C/C1=CC=C=CC=C1. The Kier molecular flexibility index (Phi) is 6.33. The lowest BCUT2D eigenvalue weighted by atomic mass is 9.62. The molecular weight excluding hydrogens is 412 g/mol. The first-order valence-electron chi connectivity index (χ1n) is 11.5. The maximum atomic E-state index is 10.2. The van der Waals surface area contributed by atoms with Crippen molar-refractivity contribution < 1.29 is 0 Å². The largest absolute Gasteiger partial charge is 0.303 e. The van der Waals surface area contributed by atoms with Crippen molar-refractivity contribution in [2.75, 3.05) is 0 Å². The number of allylic oxidation sites excluding steroid dienone is 9. The van der Waals surface area contributed by atoms with E-state index < -0.39 is 5.41 Å². The van der Waals surface area contributed by atoms with Crippen molar-refractivity contribution in [1.29, 1.82) is 10.7 Å². The van der Waals surface area contributed by atoms with Crippen LogP contribution in [0.4, 0.5) is 0 Å². The molecule has 2 aliphatic rings. The normalized spacial score (nSPS) is 20.4. The summed E-state index contributed by atoms with van der Waals surface area (Å²) in [5.74, 6) is -0.230. The molecule has 1 N–H and O–H groups in total. The molecule has 0 spiro atoms. The number of nitriles is 1. The highest BCUT2D eigenvalue weighted by Crippen LogP contribution is 2.50. The number of fused-ring (bicyclic) bond motifs is 1. The quantitative estimate of drug-likeness (QED) is 0.289. The first kappa shape index (κ1) is 23.0. The molecule has 2 aromatic carbocycles. The van der Waals surface area contributed by atoms with Crippen molar-refractivity contribution in [2.24, 2.45) is 11.3 Å². The zero-order chi connectivity index (χ0) is 24.3. The number of hydrogen-bond acceptors (Lipinski definition) is 2. The summed E-state index contributed by atoms with van der Waals surface area (Å²) in [5, 5.41) is 19.4. The molecule has 0 radical (unpaired) electrons. The number of benzene rings is 2. The molecule has 0 heterocycles. The maximum absolute atomic E-state index is 10.2. The van der Waals surface area contributed by atoms with Gasteiger partial charge in [-0.05, 0) is 66.0 Å². The molecular formula is C32H28N2. The van der Waals surface area contributed by atoms with Crippen LogP contribution in [0.15, 0.2) is 120 Å². The van der Waals surface area contributed by atoms with E-state index in [0.717, 1.165) is 39.0 Å². The third-order valence-electron chi connectivity index (χ3n) is 6.74. The lowest BCUT2D eigenvalue weighted by Crippen LogP contribution is -2.36. The fourth-order valence-corrected chi connectivity index (χ4v) is 4.85. The van der Waals surface area contributed by atoms with Gasteiger partial charge in [-0.1, -0.05) is 79.2 Å². The second kappa shape index (κ2) is 9.36. The minimum Gasteiger partial charge on any atom is -0.303 e. The standard InChI is InChI=1S/C32H28N2/c1-5-32(4)30(23(3)26(21-33)20-24-13-9-6-7-10-14-24)29(25-15-11-8-12-16-25)28-19-22(2)17-18-27(28)31(32)34/h5-6,8-20,23,34H,1H2,2-4H3/b26-20+,34-31?/t23-,32?/m1/s1. The number of aryl methyl sites for hydroxylation is 1. The molecule has 34 heavy (non-hydrogen) atoms. The average Bonchev–Trinajstić information content (AvgIpc) is 3.13. The molecule has 0 bridgehead atoms. The van der Waals surface area contributed by atoms with Crippen LogP contribution in [0.3, 0.4) is 0 Å². The van der Waals surface area contributed by atoms with Crippen molar-refractivity contribution in [1.82, 2.24) is 0 Å². The van der Waals surface area contributed by atoms with Gasteiger partial charge in [-0.15, -0.1) is 12.3 Å². The molecule has 1 unspecified atom stereocenters. The summed E-state index contributed by atoms with van der Waals surface area (Å²) in [4.78, 5) is 0. The molecule has 2 atom stereocenters. The third-order valence-corrected chi connectivity index (χ3v) is 6.74. The maximum Gasteiger partial charge on any atom is 0.0953 e. The van der Waals surface area contributed by atoms with Gasteiger partial charge in [-0.2, -0.15) is 5.26 Å². The Morgan fingerprint density at radius 3 is 2.62 bits per heavy atom. The Bertz CT molecular complexity index is 1400. The van der Waals surface area contributed by atoms with E-state index in [4.69, 9.17) is 0 Å². The fourth-order valence-electron chi connectivity index (χ4n) is 4.85. The van der Waals surface area contributed by atoms with E-state index in [0.29, 0.717) is 11.3 Å². The number of nitrogens with one attached hydrogen (secondary N) is 1. The minimum absolute atomic E-state index is 0.230. The average molecular weight is 441 g/mol. The van der Waals surface area contributed by atoms with Crippen LogP contribution in [0.1, 0.15) is 36.1 Å². The molecule has 2 aliphatic carbocycles. The zero-order valence-electron chi connectivity index (χ0n) is 19.9. The van der Waals surface area contributed by atoms with E-state index in [1.165, 1.54) is 0 Å². The van der Waals surface area contributed by atoms with Crippen molar-refractivity contribution in [3.8, 4) is 6.07 Å². The number of rotatable bonds is 5. The van der Waals surface area contributed by atoms with Crippen LogP contribution in [0.5, 0.6) is 0 Å². The highest BCUT2D eigenvalue weighted by atomic mass is 14.6. The molecule has 0 amide bonds. The van der Waals surface area contributed by atoms with Gasteiger partial charge in [-0.25, -0.2) is 0 Å². The topological polar surface area (TPSA) is 47.6 Å². The monoisotopic (exact) mass is 440 g/mol. The van der Waals surface area contributed by atoms with Crippen molar-refractivity contribution in [3.05, 3.63) is 142 Å². The first-order valence-corrected chi connectivity index (χ1v) is 11.5. The van der Waals surface area contributed by atoms with E-state index >= 15 is 0 Å². The predicted octanol–water partition coefficient (Wildman–Crippen LogP) is 7.66. The molecule has 2 heteroatoms. The minimum atomic E-state index is -0.724. The second-order valence-corrected chi connectivity index (χ2v) is 8.94. The van der Waals surface area contributed by atoms with Crippen LogP contribution in [0, 0.1) is 35.0 Å². The van der Waals surface area contributed by atoms with Crippen LogP contribution in [0.2, 0.25) is 0 Å². The Morgan fingerprint density at radius 1 is 1.15 bits per heavy atom. The molecule has 0 aliphatic heterocycles. The molecule has 2 aromatic rings. The molecule has 2 nitrogen and oxygen atoms in total. The van der Waals surface area contributed by atoms with Crippen molar-refractivity contribution in [2.45, 2.75) is 20.8 Å². The van der Waals surface area contributed by atoms with Crippen LogP contribution < -0.4 is 0 Å². The lowest BCUT2D eigenvalue weighted by molar-refractivity contribution is 0.612. The van der Waals surface area contributed by atoms with Gasteiger partial charge in [0.15, 0.2) is 0 Å². The summed E-state index contributed by atoms with van der Waals surface area (Å²) in [7, 11) is 0. The third kappa shape index (κ3) is 3.99. The van der Waals surface area contributed by atoms with E-state index in [2.05, 4.69) is 56.5 Å². The zero-order valence-corrected chi connectivity index (χ0v) is 19.9. The van der Waals surface area contributed by atoms with Crippen molar-refractivity contribution in [3.63, 3.8) is 0 Å². The molecule has 0 saturated carbocycles. The van der Waals surface area contributed by atoms with E-state index in [1.54, 1.807) is 0 Å². The smallest absolute Gasteiger partial charge is 0.0953 e. The van der Waals surface area contributed by atoms with E-state index in [-0.39, 0.29) is 5.92 Å². The van der Waals surface area contributed by atoms with Crippen LogP contribution in [-0.4, -0.2) is 5.71 Å². The van der Waals surface area contributed by atoms with Gasteiger partial charge >= 0.3 is 0 Å². The number of nitrogens with zero attached hydrogens (tertiary/aromatic N) is 1. The van der Waals surface area contributed by atoms with Crippen LogP contribution in [0.25, 0.3) is 5.57 Å². The van der Waals surface area contributed by atoms with E-state index in [9.17, 15) is 10.7 Å². The summed E-state index contributed by atoms with van der Waals surface area (Å²) in [6.45, 7) is 10.3. The highest BCUT2D eigenvalue weighted by Gasteiger charge is 2.42. The van der Waals surface area contributed by atoms with Crippen molar-refractivity contribution >= 4 is 11.3 Å². The summed E-state index contributed by atoms with van der Waals surface area (Å²) in [5.41, 5.74) is 10.7. The molecule has 4 rings (SSSR count). The van der Waals surface area contributed by atoms with Gasteiger partial charge in [0.2, 0.25) is 0 Å². The van der Waals surface area contributed by atoms with Gasteiger partial charge in [0.1, 0.15) is 0 Å². The summed E-state index contributed by atoms with van der Waals surface area (Å²) < 4.78 is 0. The predicted molar refractivity (Wildman–Crippen MR) is 142 cm³/mol. The summed E-state index contributed by atoms with van der Waals surface area (Å²) in [6, 6.07) is 19.0. The lowest BCUT2D eigenvalue weighted by Gasteiger charge is -2.41. The fraction of sp³-hybridized carbons (Fsp3) is 0.156. The molecule has 166 valence electrons.